The number of alkyl halides is 1. The highest BCUT2D eigenvalue weighted by atomic mass is 32.2. The summed E-state index contributed by atoms with van der Waals surface area (Å²) in [4.78, 5) is 20.1. The topological polar surface area (TPSA) is 145 Å². The van der Waals surface area contributed by atoms with E-state index in [1.165, 1.54) is 37.7 Å². The number of aromatic nitrogens is 4. The lowest BCUT2D eigenvalue weighted by atomic mass is 10.0. The molecule has 0 bridgehead atoms. The van der Waals surface area contributed by atoms with Crippen LogP contribution in [0.4, 0.5) is 26.1 Å². The van der Waals surface area contributed by atoms with E-state index in [-0.39, 0.29) is 29.5 Å². The van der Waals surface area contributed by atoms with E-state index < -0.39 is 28.3 Å². The number of ether oxygens (including phenoxy) is 2. The Kier molecular flexibility index (Phi) is 8.13. The molecule has 216 valence electrons. The van der Waals surface area contributed by atoms with Gasteiger partial charge in [0.05, 0.1) is 56.9 Å². The van der Waals surface area contributed by atoms with Crippen LogP contribution in [0.5, 0.6) is 5.75 Å². The zero-order valence-corrected chi connectivity index (χ0v) is 23.3. The highest BCUT2D eigenvalue weighted by molar-refractivity contribution is 7.92. The number of rotatable bonds is 9. The third-order valence-electron chi connectivity index (χ3n) is 6.63. The molecule has 0 unspecified atom stereocenters. The Bertz CT molecular complexity index is 1670. The Morgan fingerprint density at radius 1 is 1.22 bits per heavy atom. The molecule has 2 aromatic carbocycles. The largest absolute Gasteiger partial charge is 0.494 e. The third kappa shape index (κ3) is 5.98. The Balaban J connectivity index is 1.68. The minimum absolute atomic E-state index is 0.0272. The van der Waals surface area contributed by atoms with Crippen molar-refractivity contribution in [1.82, 2.24) is 19.9 Å². The molecule has 0 radical (unpaired) electrons. The van der Waals surface area contributed by atoms with Gasteiger partial charge >= 0.3 is 0 Å². The van der Waals surface area contributed by atoms with E-state index in [0.29, 0.717) is 59.3 Å². The van der Waals surface area contributed by atoms with Gasteiger partial charge in [-0.25, -0.2) is 32.7 Å². The molecule has 41 heavy (non-hydrogen) atoms. The molecule has 1 aliphatic heterocycles. The van der Waals surface area contributed by atoms with E-state index >= 15 is 4.39 Å². The molecule has 3 N–H and O–H groups in total. The number of nitrogens with two attached hydrogens (primary N) is 1. The Hall–Kier alpha value is -4.17. The first-order valence-corrected chi connectivity index (χ1v) is 14.5. The van der Waals surface area contributed by atoms with Gasteiger partial charge in [-0.2, -0.15) is 0 Å². The maximum atomic E-state index is 15.8. The Morgan fingerprint density at radius 3 is 2.76 bits per heavy atom. The fraction of sp³-hybridized carbons (Fsp3) is 0.333. The average molecular weight is 586 g/mol. The summed E-state index contributed by atoms with van der Waals surface area (Å²) in [5.41, 5.74) is 6.90. The van der Waals surface area contributed by atoms with Crippen molar-refractivity contribution in [2.24, 2.45) is 0 Å². The van der Waals surface area contributed by atoms with Crippen LogP contribution in [0, 0.1) is 5.82 Å². The number of nitrogens with zero attached hydrogens (tertiary/aromatic N) is 5. The van der Waals surface area contributed by atoms with Crippen molar-refractivity contribution in [1.29, 1.82) is 0 Å². The molecule has 14 heteroatoms. The number of morpholine rings is 1. The normalized spacial score (nSPS) is 15.7. The minimum atomic E-state index is -3.94. The molecule has 11 nitrogen and oxygen atoms in total. The van der Waals surface area contributed by atoms with Crippen LogP contribution in [0.2, 0.25) is 0 Å². The number of nitrogen functional groups attached to an aromatic ring is 1. The molecule has 2 aromatic heterocycles. The molecule has 1 aliphatic rings. The number of anilines is 3. The summed E-state index contributed by atoms with van der Waals surface area (Å²) in [5.74, 6) is 0.237. The van der Waals surface area contributed by atoms with E-state index in [0.717, 1.165) is 0 Å². The van der Waals surface area contributed by atoms with Gasteiger partial charge < -0.3 is 20.1 Å². The number of halogens is 2. The van der Waals surface area contributed by atoms with Gasteiger partial charge in [0.1, 0.15) is 28.6 Å². The summed E-state index contributed by atoms with van der Waals surface area (Å²) in [5, 5.41) is 0.591. The summed E-state index contributed by atoms with van der Waals surface area (Å²) in [6.45, 7) is 2.74. The monoisotopic (exact) mass is 585 g/mol. The van der Waals surface area contributed by atoms with Crippen LogP contribution in [-0.4, -0.2) is 73.7 Å². The number of benzene rings is 2. The Morgan fingerprint density at radius 2 is 2.05 bits per heavy atom. The number of nitrogens with one attached hydrogen (secondary N) is 1. The van der Waals surface area contributed by atoms with Crippen molar-refractivity contribution in [3.05, 3.63) is 48.5 Å². The van der Waals surface area contributed by atoms with E-state index in [4.69, 9.17) is 25.2 Å². The lowest BCUT2D eigenvalue weighted by molar-refractivity contribution is 0.0987. The molecule has 1 saturated heterocycles. The second-order valence-corrected chi connectivity index (χ2v) is 11.4. The lowest BCUT2D eigenvalue weighted by Crippen LogP contribution is -2.44. The fourth-order valence-electron chi connectivity index (χ4n) is 4.62. The highest BCUT2D eigenvalue weighted by Crippen LogP contribution is 2.39. The number of methoxy groups -OCH3 is 1. The van der Waals surface area contributed by atoms with Crippen LogP contribution in [0.1, 0.15) is 13.3 Å². The molecule has 0 spiro atoms. The summed E-state index contributed by atoms with van der Waals surface area (Å²) >= 11 is 0. The summed E-state index contributed by atoms with van der Waals surface area (Å²) in [7, 11) is -2.46. The number of fused-ring (bicyclic) bond motifs is 1. The van der Waals surface area contributed by atoms with Crippen molar-refractivity contribution in [2.45, 2.75) is 19.4 Å². The molecule has 0 aliphatic carbocycles. The standard InChI is InChI=1S/C27H29F2N7O4S/c1-16-15-40-9-8-36(16)27-19-11-17(18-5-3-6-20(24(18)29)35-41(37,38)10-4-7-28)12-22(39-2)25(19)33-26(34-27)21-13-32-23(30)14-31-21/h3,5-6,11-14,16,35H,4,7-10,15H2,1-2H3,(H2,30,32)/t16-/m1/s1. The molecular weight excluding hydrogens is 556 g/mol. The number of sulfonamides is 1. The van der Waals surface area contributed by atoms with Crippen LogP contribution in [0.15, 0.2) is 42.7 Å². The molecule has 4 aromatic rings. The second-order valence-electron chi connectivity index (χ2n) is 9.52. The van der Waals surface area contributed by atoms with Gasteiger partial charge in [-0.05, 0) is 37.1 Å². The molecule has 3 heterocycles. The summed E-state index contributed by atoms with van der Waals surface area (Å²) in [6.07, 6.45) is 2.71. The van der Waals surface area contributed by atoms with Crippen LogP contribution in [0.3, 0.4) is 0 Å². The SMILES string of the molecule is COc1cc(-c2cccc(NS(=O)(=O)CCCF)c2F)cc2c(N3CCOC[C@H]3C)nc(-c3cnc(N)cn3)nc12. The maximum Gasteiger partial charge on any atom is 0.232 e. The second kappa shape index (κ2) is 11.7. The zero-order valence-electron chi connectivity index (χ0n) is 22.5. The first-order chi connectivity index (χ1) is 19.7. The van der Waals surface area contributed by atoms with Crippen LogP contribution in [-0.2, 0) is 14.8 Å². The van der Waals surface area contributed by atoms with Crippen LogP contribution < -0.4 is 20.1 Å². The first kappa shape index (κ1) is 28.4. The predicted molar refractivity (Wildman–Crippen MR) is 153 cm³/mol. The predicted octanol–water partition coefficient (Wildman–Crippen LogP) is 3.81. The van der Waals surface area contributed by atoms with Crippen LogP contribution >= 0.6 is 0 Å². The first-order valence-electron chi connectivity index (χ1n) is 12.9. The van der Waals surface area contributed by atoms with E-state index in [1.54, 1.807) is 12.1 Å². The fourth-order valence-corrected chi connectivity index (χ4v) is 5.71. The molecule has 1 atom stereocenters. The smallest absolute Gasteiger partial charge is 0.232 e. The quantitative estimate of drug-likeness (QED) is 0.297. The van der Waals surface area contributed by atoms with Gasteiger partial charge in [0.2, 0.25) is 10.0 Å². The molecular formula is C27H29F2N7O4S. The third-order valence-corrected chi connectivity index (χ3v) is 7.98. The highest BCUT2D eigenvalue weighted by Gasteiger charge is 2.26. The van der Waals surface area contributed by atoms with Gasteiger partial charge in [-0.15, -0.1) is 0 Å². The maximum absolute atomic E-state index is 15.8. The molecule has 0 amide bonds. The van der Waals surface area contributed by atoms with Gasteiger partial charge in [-0.3, -0.25) is 9.11 Å². The van der Waals surface area contributed by atoms with Gasteiger partial charge in [0.15, 0.2) is 11.6 Å². The summed E-state index contributed by atoms with van der Waals surface area (Å²) in [6, 6.07) is 7.72. The van der Waals surface area contributed by atoms with Gasteiger partial charge in [-0.1, -0.05) is 12.1 Å². The summed E-state index contributed by atoms with van der Waals surface area (Å²) < 4.78 is 66.5. The number of hydrogen-bond acceptors (Lipinski definition) is 10. The average Bonchev–Trinajstić information content (AvgIpc) is 2.97. The van der Waals surface area contributed by atoms with Gasteiger partial charge in [0, 0.05) is 17.5 Å². The molecule has 1 fully saturated rings. The van der Waals surface area contributed by atoms with Crippen molar-refractivity contribution >= 4 is 38.2 Å². The molecule has 0 saturated carbocycles. The van der Waals surface area contributed by atoms with Crippen LogP contribution in [0.25, 0.3) is 33.5 Å². The van der Waals surface area contributed by atoms with Gasteiger partial charge in [0.25, 0.3) is 0 Å². The Labute approximate surface area is 235 Å². The zero-order chi connectivity index (χ0) is 29.1. The van der Waals surface area contributed by atoms with E-state index in [2.05, 4.69) is 19.6 Å². The minimum Gasteiger partial charge on any atom is -0.494 e. The van der Waals surface area contributed by atoms with Crippen molar-refractivity contribution in [3.63, 3.8) is 0 Å². The van der Waals surface area contributed by atoms with Crippen molar-refractivity contribution in [3.8, 4) is 28.4 Å². The van der Waals surface area contributed by atoms with Crippen molar-refractivity contribution < 1.29 is 26.7 Å². The van der Waals surface area contributed by atoms with E-state index in [9.17, 15) is 12.8 Å². The van der Waals surface area contributed by atoms with E-state index in [1.807, 2.05) is 6.92 Å². The van der Waals surface area contributed by atoms with Crippen molar-refractivity contribution in [2.75, 3.05) is 54.7 Å². The number of hydrogen-bond donors (Lipinski definition) is 2. The molecule has 5 rings (SSSR count). The lowest BCUT2D eigenvalue weighted by Gasteiger charge is -2.35.